The van der Waals surface area contributed by atoms with Crippen LogP contribution in [-0.4, -0.2) is 41.5 Å². The Balaban J connectivity index is 1.91. The van der Waals surface area contributed by atoms with Crippen LogP contribution in [0.4, 0.5) is 0 Å². The average molecular weight is 276 g/mol. The third kappa shape index (κ3) is 3.56. The zero-order valence-electron chi connectivity index (χ0n) is 11.7. The van der Waals surface area contributed by atoms with E-state index in [2.05, 4.69) is 4.98 Å². The highest BCUT2D eigenvalue weighted by molar-refractivity contribution is 5.98. The van der Waals surface area contributed by atoms with Crippen molar-refractivity contribution in [3.8, 4) is 0 Å². The number of rotatable bonds is 5. The number of carbonyl (C=O) groups is 2. The maximum atomic E-state index is 12.3. The van der Waals surface area contributed by atoms with Crippen LogP contribution in [0.25, 0.3) is 0 Å². The first-order chi connectivity index (χ1) is 9.72. The van der Waals surface area contributed by atoms with Crippen molar-refractivity contribution in [2.24, 2.45) is 5.92 Å². The molecular formula is C15H20N2O3. The Morgan fingerprint density at radius 1 is 1.45 bits per heavy atom. The van der Waals surface area contributed by atoms with E-state index in [-0.39, 0.29) is 11.9 Å². The van der Waals surface area contributed by atoms with Crippen molar-refractivity contribution in [2.75, 3.05) is 19.7 Å². The summed E-state index contributed by atoms with van der Waals surface area (Å²) in [6, 6.07) is 3.88. The summed E-state index contributed by atoms with van der Waals surface area (Å²) in [7, 11) is 0. The zero-order chi connectivity index (χ0) is 14.4. The first-order valence-electron chi connectivity index (χ1n) is 7.06. The van der Waals surface area contributed by atoms with E-state index in [4.69, 9.17) is 4.74 Å². The predicted octanol–water partition coefficient (Wildman–Crippen LogP) is 1.43. The number of aromatic nitrogens is 1. The molecule has 1 aromatic rings. The molecule has 1 saturated heterocycles. The van der Waals surface area contributed by atoms with Gasteiger partial charge in [0.15, 0.2) is 0 Å². The van der Waals surface area contributed by atoms with Crippen molar-refractivity contribution < 1.29 is 14.3 Å². The zero-order valence-corrected chi connectivity index (χ0v) is 11.7. The van der Waals surface area contributed by atoms with Crippen LogP contribution in [0, 0.1) is 5.92 Å². The monoisotopic (exact) mass is 276 g/mol. The van der Waals surface area contributed by atoms with Crippen LogP contribution < -0.4 is 0 Å². The molecule has 0 aliphatic carbocycles. The molecule has 20 heavy (non-hydrogen) atoms. The Labute approximate surface area is 118 Å². The van der Waals surface area contributed by atoms with Gasteiger partial charge in [-0.1, -0.05) is 0 Å². The Kier molecular flexibility index (Phi) is 5.09. The van der Waals surface area contributed by atoms with Gasteiger partial charge in [-0.2, -0.15) is 0 Å². The molecule has 1 atom stereocenters. The summed E-state index contributed by atoms with van der Waals surface area (Å²) in [4.78, 5) is 29.8. The Hall–Kier alpha value is -1.91. The lowest BCUT2D eigenvalue weighted by atomic mass is 9.96. The molecule has 1 amide bonds. The molecule has 0 aromatic carbocycles. The highest BCUT2D eigenvalue weighted by Gasteiger charge is 2.34. The summed E-state index contributed by atoms with van der Waals surface area (Å²) in [6.45, 7) is 3.44. The van der Waals surface area contributed by atoms with Crippen molar-refractivity contribution >= 4 is 11.9 Å². The smallest absolute Gasteiger partial charge is 0.318 e. The summed E-state index contributed by atoms with van der Waals surface area (Å²) < 4.78 is 4.97. The molecule has 2 rings (SSSR count). The molecule has 5 nitrogen and oxygen atoms in total. The summed E-state index contributed by atoms with van der Waals surface area (Å²) in [5.41, 5.74) is 1.14. The van der Waals surface area contributed by atoms with Crippen LogP contribution >= 0.6 is 0 Å². The van der Waals surface area contributed by atoms with E-state index in [1.165, 1.54) is 0 Å². The van der Waals surface area contributed by atoms with Gasteiger partial charge in [-0.05, 0) is 43.9 Å². The summed E-state index contributed by atoms with van der Waals surface area (Å²) in [5, 5.41) is 0. The topological polar surface area (TPSA) is 59.5 Å². The number of esters is 1. The fourth-order valence-corrected chi connectivity index (χ4v) is 2.44. The van der Waals surface area contributed by atoms with E-state index in [1.807, 2.05) is 12.1 Å². The molecule has 5 heteroatoms. The lowest BCUT2D eigenvalue weighted by Gasteiger charge is -2.31. The molecule has 0 saturated carbocycles. The van der Waals surface area contributed by atoms with Gasteiger partial charge in [-0.15, -0.1) is 0 Å². The van der Waals surface area contributed by atoms with Crippen LogP contribution in [0.3, 0.4) is 0 Å². The number of nitrogens with zero attached hydrogens (tertiary/aromatic N) is 2. The maximum absolute atomic E-state index is 12.3. The number of ether oxygens (including phenoxy) is 1. The number of hydrogen-bond donors (Lipinski definition) is 0. The van der Waals surface area contributed by atoms with Crippen LogP contribution in [0.1, 0.15) is 25.3 Å². The molecule has 0 radical (unpaired) electrons. The molecular weight excluding hydrogens is 256 g/mol. The molecule has 1 fully saturated rings. The van der Waals surface area contributed by atoms with E-state index in [1.54, 1.807) is 24.2 Å². The predicted molar refractivity (Wildman–Crippen MR) is 73.9 cm³/mol. The second-order valence-electron chi connectivity index (χ2n) is 4.88. The second kappa shape index (κ2) is 7.03. The lowest BCUT2D eigenvalue weighted by molar-refractivity contribution is -0.157. The van der Waals surface area contributed by atoms with Gasteiger partial charge in [0.05, 0.1) is 6.61 Å². The van der Waals surface area contributed by atoms with Gasteiger partial charge >= 0.3 is 5.97 Å². The van der Waals surface area contributed by atoms with Gasteiger partial charge in [0.1, 0.15) is 5.92 Å². The van der Waals surface area contributed by atoms with Crippen molar-refractivity contribution in [3.05, 3.63) is 30.1 Å². The van der Waals surface area contributed by atoms with Gasteiger partial charge in [-0.25, -0.2) is 0 Å². The van der Waals surface area contributed by atoms with Gasteiger partial charge in [0, 0.05) is 25.5 Å². The van der Waals surface area contributed by atoms with Gasteiger partial charge in [0.25, 0.3) is 0 Å². The maximum Gasteiger partial charge on any atom is 0.318 e. The molecule has 0 bridgehead atoms. The second-order valence-corrected chi connectivity index (χ2v) is 4.88. The minimum atomic E-state index is -0.610. The summed E-state index contributed by atoms with van der Waals surface area (Å²) in [5.74, 6) is -1.09. The highest BCUT2D eigenvalue weighted by Crippen LogP contribution is 2.19. The van der Waals surface area contributed by atoms with Crippen molar-refractivity contribution in [2.45, 2.75) is 26.2 Å². The fourth-order valence-electron chi connectivity index (χ4n) is 2.44. The number of piperidine rings is 1. The Bertz CT molecular complexity index is 461. The van der Waals surface area contributed by atoms with Crippen molar-refractivity contribution in [1.82, 2.24) is 9.88 Å². The third-order valence-corrected chi connectivity index (χ3v) is 3.52. The number of hydrogen-bond acceptors (Lipinski definition) is 4. The first-order valence-corrected chi connectivity index (χ1v) is 7.06. The third-order valence-electron chi connectivity index (χ3n) is 3.52. The minimum Gasteiger partial charge on any atom is -0.465 e. The summed E-state index contributed by atoms with van der Waals surface area (Å²) >= 11 is 0. The average Bonchev–Trinajstić information content (AvgIpc) is 2.47. The molecule has 1 unspecified atom stereocenters. The Morgan fingerprint density at radius 3 is 2.90 bits per heavy atom. The minimum absolute atomic E-state index is 0.0937. The molecule has 108 valence electrons. The van der Waals surface area contributed by atoms with E-state index < -0.39 is 5.92 Å². The molecule has 2 heterocycles. The van der Waals surface area contributed by atoms with E-state index >= 15 is 0 Å². The fraction of sp³-hybridized carbons (Fsp3) is 0.533. The molecule has 1 aliphatic rings. The SMILES string of the molecule is CCOC(=O)C1CCCN(CCc2ccncc2)C1=O. The van der Waals surface area contributed by atoms with E-state index in [0.29, 0.717) is 19.6 Å². The van der Waals surface area contributed by atoms with E-state index in [0.717, 1.165) is 24.9 Å². The molecule has 1 aromatic heterocycles. The van der Waals surface area contributed by atoms with E-state index in [9.17, 15) is 9.59 Å². The number of likely N-dealkylation sites (tertiary alicyclic amines) is 1. The highest BCUT2D eigenvalue weighted by atomic mass is 16.5. The van der Waals surface area contributed by atoms with Crippen LogP contribution in [0.2, 0.25) is 0 Å². The standard InChI is InChI=1S/C15H20N2O3/c1-2-20-15(19)13-4-3-10-17(14(13)18)11-7-12-5-8-16-9-6-12/h5-6,8-9,13H,2-4,7,10-11H2,1H3. The normalized spacial score (nSPS) is 18.9. The number of pyridine rings is 1. The molecule has 0 spiro atoms. The van der Waals surface area contributed by atoms with Crippen LogP contribution in [0.5, 0.6) is 0 Å². The van der Waals surface area contributed by atoms with Crippen LogP contribution in [0.15, 0.2) is 24.5 Å². The largest absolute Gasteiger partial charge is 0.465 e. The molecule has 1 aliphatic heterocycles. The van der Waals surface area contributed by atoms with Gasteiger partial charge in [0.2, 0.25) is 5.91 Å². The summed E-state index contributed by atoms with van der Waals surface area (Å²) in [6.07, 6.45) is 5.72. The van der Waals surface area contributed by atoms with Gasteiger partial charge in [-0.3, -0.25) is 14.6 Å². The van der Waals surface area contributed by atoms with Crippen molar-refractivity contribution in [3.63, 3.8) is 0 Å². The van der Waals surface area contributed by atoms with Crippen LogP contribution in [-0.2, 0) is 20.7 Å². The first kappa shape index (κ1) is 14.5. The quantitative estimate of drug-likeness (QED) is 0.603. The molecule has 0 N–H and O–H groups in total. The van der Waals surface area contributed by atoms with Crippen molar-refractivity contribution in [1.29, 1.82) is 0 Å². The number of amides is 1. The Morgan fingerprint density at radius 2 is 2.20 bits per heavy atom. The lowest BCUT2D eigenvalue weighted by Crippen LogP contribution is -2.45. The number of carbonyl (C=O) groups excluding carboxylic acids is 2. The van der Waals surface area contributed by atoms with Gasteiger partial charge < -0.3 is 9.64 Å².